The van der Waals surface area contributed by atoms with Gasteiger partial charge in [0.05, 0.1) is 38.0 Å². The SMILES string of the molecule is CC(C)OC(=O)c1cc(Cl)c(Cl)c(-c2ccc(Cl)cc2)n1.CC(C)OC(=O)c1cc(Cl)c(Cl)c(Cl)n1.OB(O)c1ccc(Cl)cc1. The molecule has 0 fully saturated rings. The third-order valence-corrected chi connectivity index (χ3v) is 7.60. The van der Waals surface area contributed by atoms with Gasteiger partial charge in [-0.05, 0) is 69.6 Å². The number of halogens is 7. The van der Waals surface area contributed by atoms with Gasteiger partial charge < -0.3 is 19.5 Å². The van der Waals surface area contributed by atoms with Crippen molar-refractivity contribution in [3.05, 3.63) is 107 Å². The fourth-order valence-corrected chi connectivity index (χ4v) is 4.34. The van der Waals surface area contributed by atoms with Crippen molar-refractivity contribution >= 4 is 106 Å². The smallest absolute Gasteiger partial charge is 0.458 e. The standard InChI is InChI=1S/C15H12Cl3NO2.C9H8Cl3NO2.C6H6BClO2/c1-8(2)21-15(20)12-7-11(17)13(18)14(19-12)9-3-5-10(16)6-4-9;1-4(2)15-9(14)6-3-5(10)7(11)8(12)13-6;8-6-3-1-5(2-4-6)7(9)10/h3-8H,1-2H3;3-4H,1-2H3;1-4,9-10H. The van der Waals surface area contributed by atoms with Gasteiger partial charge >= 0.3 is 19.1 Å². The van der Waals surface area contributed by atoms with Gasteiger partial charge in [-0.1, -0.05) is 105 Å². The molecule has 0 saturated carbocycles. The third-order valence-electron chi connectivity index (χ3n) is 5.18. The molecule has 0 aliphatic heterocycles. The van der Waals surface area contributed by atoms with Crippen LogP contribution in [0.2, 0.25) is 35.3 Å². The summed E-state index contributed by atoms with van der Waals surface area (Å²) in [5, 5.41) is 19.2. The molecule has 0 aliphatic carbocycles. The lowest BCUT2D eigenvalue weighted by molar-refractivity contribution is 0.0360. The average Bonchev–Trinajstić information content (AvgIpc) is 2.97. The van der Waals surface area contributed by atoms with Crippen molar-refractivity contribution in [2.45, 2.75) is 39.9 Å². The maximum atomic E-state index is 11.9. The van der Waals surface area contributed by atoms with Gasteiger partial charge in [-0.15, -0.1) is 0 Å². The molecule has 0 radical (unpaired) electrons. The van der Waals surface area contributed by atoms with Crippen LogP contribution in [0.15, 0.2) is 60.7 Å². The molecule has 0 unspecified atom stereocenters. The number of ether oxygens (including phenoxy) is 2. The maximum Gasteiger partial charge on any atom is 0.488 e. The predicted octanol–water partition coefficient (Wildman–Crippen LogP) is 8.90. The van der Waals surface area contributed by atoms with Crippen LogP contribution in [-0.2, 0) is 9.47 Å². The monoisotopic (exact) mass is 766 g/mol. The lowest BCUT2D eigenvalue weighted by Gasteiger charge is -2.11. The summed E-state index contributed by atoms with van der Waals surface area (Å²) in [5.74, 6) is -1.12. The van der Waals surface area contributed by atoms with Crippen molar-refractivity contribution in [1.82, 2.24) is 9.97 Å². The quantitative estimate of drug-likeness (QED) is 0.113. The lowest BCUT2D eigenvalue weighted by Crippen LogP contribution is -2.29. The molecule has 4 rings (SSSR count). The van der Waals surface area contributed by atoms with E-state index in [0.29, 0.717) is 26.8 Å². The van der Waals surface area contributed by atoms with Crippen molar-refractivity contribution in [3.8, 4) is 11.3 Å². The van der Waals surface area contributed by atoms with Crippen LogP contribution in [0.1, 0.15) is 48.7 Å². The molecule has 46 heavy (non-hydrogen) atoms. The zero-order valence-corrected chi connectivity index (χ0v) is 29.9. The molecule has 0 amide bonds. The third kappa shape index (κ3) is 12.7. The van der Waals surface area contributed by atoms with Crippen molar-refractivity contribution in [2.24, 2.45) is 0 Å². The average molecular weight is 770 g/mol. The highest BCUT2D eigenvalue weighted by Crippen LogP contribution is 2.33. The minimum Gasteiger partial charge on any atom is -0.458 e. The minimum absolute atomic E-state index is 0.0140. The van der Waals surface area contributed by atoms with Crippen LogP contribution in [0.4, 0.5) is 0 Å². The van der Waals surface area contributed by atoms with Gasteiger partial charge in [-0.25, -0.2) is 19.6 Å². The molecular formula is C30H26BCl7N2O6. The first-order valence-electron chi connectivity index (χ1n) is 13.2. The van der Waals surface area contributed by atoms with Crippen molar-refractivity contribution in [3.63, 3.8) is 0 Å². The Labute approximate surface area is 301 Å². The minimum atomic E-state index is -1.41. The van der Waals surface area contributed by atoms with Crippen LogP contribution in [0.3, 0.4) is 0 Å². The largest absolute Gasteiger partial charge is 0.488 e. The zero-order valence-electron chi connectivity index (χ0n) is 24.6. The van der Waals surface area contributed by atoms with Gasteiger partial charge in [0, 0.05) is 15.6 Å². The highest BCUT2D eigenvalue weighted by Gasteiger charge is 2.18. The molecule has 0 saturated heterocycles. The molecule has 16 heteroatoms. The molecule has 2 heterocycles. The Morgan fingerprint density at radius 3 is 1.48 bits per heavy atom. The molecule has 244 valence electrons. The van der Waals surface area contributed by atoms with E-state index in [1.54, 1.807) is 76.2 Å². The van der Waals surface area contributed by atoms with Crippen LogP contribution in [0.5, 0.6) is 0 Å². The van der Waals surface area contributed by atoms with E-state index in [0.717, 1.165) is 0 Å². The molecule has 2 aromatic heterocycles. The Bertz CT molecular complexity index is 1620. The number of hydrogen-bond acceptors (Lipinski definition) is 8. The first-order chi connectivity index (χ1) is 21.5. The van der Waals surface area contributed by atoms with E-state index in [1.807, 2.05) is 0 Å². The number of pyridine rings is 2. The molecule has 0 aliphatic rings. The van der Waals surface area contributed by atoms with Crippen LogP contribution < -0.4 is 5.46 Å². The Morgan fingerprint density at radius 1 is 0.652 bits per heavy atom. The van der Waals surface area contributed by atoms with E-state index >= 15 is 0 Å². The normalized spacial score (nSPS) is 10.4. The van der Waals surface area contributed by atoms with E-state index in [2.05, 4.69) is 9.97 Å². The highest BCUT2D eigenvalue weighted by molar-refractivity contribution is 6.58. The van der Waals surface area contributed by atoms with E-state index < -0.39 is 19.1 Å². The second kappa shape index (κ2) is 18.9. The first-order valence-corrected chi connectivity index (χ1v) is 15.8. The summed E-state index contributed by atoms with van der Waals surface area (Å²) in [6.45, 7) is 6.99. The number of esters is 2. The van der Waals surface area contributed by atoms with Crippen molar-refractivity contribution in [2.75, 3.05) is 0 Å². The van der Waals surface area contributed by atoms with Gasteiger partial charge in [0.1, 0.15) is 5.15 Å². The maximum absolute atomic E-state index is 11.9. The number of hydrogen-bond donors (Lipinski definition) is 2. The summed E-state index contributed by atoms with van der Waals surface area (Å²) in [6.07, 6.45) is -0.472. The van der Waals surface area contributed by atoms with Gasteiger partial charge in [0.2, 0.25) is 0 Å². The van der Waals surface area contributed by atoms with Crippen molar-refractivity contribution < 1.29 is 29.1 Å². The molecular weight excluding hydrogens is 743 g/mol. The Morgan fingerprint density at radius 2 is 1.07 bits per heavy atom. The summed E-state index contributed by atoms with van der Waals surface area (Å²) < 4.78 is 10.0. The summed E-state index contributed by atoms with van der Waals surface area (Å²) in [5.41, 5.74) is 1.73. The number of carbonyl (C=O) groups is 2. The second-order valence-electron chi connectivity index (χ2n) is 9.59. The van der Waals surface area contributed by atoms with Crippen molar-refractivity contribution in [1.29, 1.82) is 0 Å². The summed E-state index contributed by atoms with van der Waals surface area (Å²) >= 11 is 40.7. The van der Waals surface area contributed by atoms with Crippen LogP contribution in [-0.4, -0.2) is 51.3 Å². The topological polar surface area (TPSA) is 119 Å². The fourth-order valence-electron chi connectivity index (χ4n) is 3.16. The number of aromatic nitrogens is 2. The number of carbonyl (C=O) groups excluding carboxylic acids is 2. The van der Waals surface area contributed by atoms with Crippen LogP contribution >= 0.6 is 81.2 Å². The van der Waals surface area contributed by atoms with Crippen LogP contribution in [0.25, 0.3) is 11.3 Å². The fraction of sp³-hybridized carbons (Fsp3) is 0.200. The summed E-state index contributed by atoms with van der Waals surface area (Å²) in [7, 11) is -1.41. The Hall–Kier alpha value is -2.31. The van der Waals surface area contributed by atoms with E-state index in [4.69, 9.17) is 101 Å². The van der Waals surface area contributed by atoms with Crippen LogP contribution in [0, 0.1) is 0 Å². The Balaban J connectivity index is 0.000000257. The predicted molar refractivity (Wildman–Crippen MR) is 186 cm³/mol. The van der Waals surface area contributed by atoms with E-state index in [1.165, 1.54) is 12.1 Å². The zero-order chi connectivity index (χ0) is 34.7. The summed E-state index contributed by atoms with van der Waals surface area (Å²) in [4.78, 5) is 31.4. The highest BCUT2D eigenvalue weighted by atomic mass is 35.5. The molecule has 0 atom stereocenters. The summed E-state index contributed by atoms with van der Waals surface area (Å²) in [6, 6.07) is 16.0. The molecule has 2 aromatic carbocycles. The molecule has 0 bridgehead atoms. The van der Waals surface area contributed by atoms with Gasteiger partial charge in [0.15, 0.2) is 11.4 Å². The molecule has 0 spiro atoms. The van der Waals surface area contributed by atoms with E-state index in [-0.39, 0.29) is 48.8 Å². The second-order valence-corrected chi connectivity index (χ2v) is 12.4. The first kappa shape index (κ1) is 39.9. The number of rotatable bonds is 6. The molecule has 4 aromatic rings. The van der Waals surface area contributed by atoms with Gasteiger partial charge in [-0.2, -0.15) is 0 Å². The van der Waals surface area contributed by atoms with Gasteiger partial charge in [-0.3, -0.25) is 0 Å². The number of nitrogens with zero attached hydrogens (tertiary/aromatic N) is 2. The molecule has 8 nitrogen and oxygen atoms in total. The number of benzene rings is 2. The van der Waals surface area contributed by atoms with Gasteiger partial charge in [0.25, 0.3) is 0 Å². The van der Waals surface area contributed by atoms with E-state index in [9.17, 15) is 9.59 Å². The molecule has 2 N–H and O–H groups in total. The Kier molecular flexibility index (Phi) is 16.4. The lowest BCUT2D eigenvalue weighted by atomic mass is 9.81.